The van der Waals surface area contributed by atoms with Gasteiger partial charge in [0.15, 0.2) is 5.58 Å². The van der Waals surface area contributed by atoms with Crippen molar-refractivity contribution in [2.75, 3.05) is 0 Å². The molecule has 0 radical (unpaired) electrons. The molecule has 0 amide bonds. The number of nitrogens with two attached hydrogens (primary N) is 1. The van der Waals surface area contributed by atoms with Crippen LogP contribution in [0.4, 0.5) is 0 Å². The molecule has 3 N–H and O–H groups in total. The smallest absolute Gasteiger partial charge is 0.408 e. The molecular weight excluding hydrogens is 216 g/mol. The van der Waals surface area contributed by atoms with Gasteiger partial charge < -0.3 is 10.2 Å². The Kier molecular flexibility index (Phi) is 2.83. The number of aromatic nitrogens is 1. The Bertz CT molecular complexity index is 580. The van der Waals surface area contributed by atoms with Crippen LogP contribution >= 0.6 is 0 Å². The Labute approximate surface area is 99.8 Å². The molecule has 1 aromatic carbocycles. The second-order valence-electron chi connectivity index (χ2n) is 5.09. The topological polar surface area (TPSA) is 72.0 Å². The van der Waals surface area contributed by atoms with Gasteiger partial charge in [-0.25, -0.2) is 4.79 Å². The van der Waals surface area contributed by atoms with E-state index in [1.54, 1.807) is 0 Å². The van der Waals surface area contributed by atoms with Crippen molar-refractivity contribution in [2.45, 2.75) is 33.2 Å². The Morgan fingerprint density at radius 3 is 2.82 bits per heavy atom. The van der Waals surface area contributed by atoms with E-state index in [9.17, 15) is 4.79 Å². The first-order valence-corrected chi connectivity index (χ1v) is 5.82. The number of oxazole rings is 1. The van der Waals surface area contributed by atoms with Crippen molar-refractivity contribution in [1.82, 2.24) is 4.98 Å². The average molecular weight is 234 g/mol. The van der Waals surface area contributed by atoms with Crippen LogP contribution in [0.2, 0.25) is 0 Å². The largest absolute Gasteiger partial charge is 0.417 e. The third kappa shape index (κ3) is 2.13. The molecule has 0 spiro atoms. The van der Waals surface area contributed by atoms with Gasteiger partial charge in [0.1, 0.15) is 0 Å². The summed E-state index contributed by atoms with van der Waals surface area (Å²) in [6.45, 7) is 6.39. The normalized spacial score (nSPS) is 14.1. The average Bonchev–Trinajstić information content (AvgIpc) is 2.66. The van der Waals surface area contributed by atoms with Gasteiger partial charge in [0, 0.05) is 6.04 Å². The maximum atomic E-state index is 11.1. The Morgan fingerprint density at radius 1 is 1.47 bits per heavy atom. The highest BCUT2D eigenvalue weighted by molar-refractivity contribution is 5.72. The van der Waals surface area contributed by atoms with E-state index < -0.39 is 5.76 Å². The van der Waals surface area contributed by atoms with E-state index in [0.29, 0.717) is 11.1 Å². The minimum atomic E-state index is -0.430. The number of rotatable bonds is 3. The minimum absolute atomic E-state index is 0.0181. The van der Waals surface area contributed by atoms with Crippen molar-refractivity contribution in [2.24, 2.45) is 11.1 Å². The monoisotopic (exact) mass is 234 g/mol. The van der Waals surface area contributed by atoms with E-state index in [0.717, 1.165) is 12.0 Å². The predicted octanol–water partition coefficient (Wildman–Crippen LogP) is 2.56. The van der Waals surface area contributed by atoms with Gasteiger partial charge in [0.25, 0.3) is 0 Å². The van der Waals surface area contributed by atoms with Crippen LogP contribution in [0.25, 0.3) is 11.1 Å². The van der Waals surface area contributed by atoms with Gasteiger partial charge >= 0.3 is 5.76 Å². The molecule has 0 aliphatic carbocycles. The van der Waals surface area contributed by atoms with Crippen molar-refractivity contribution in [3.8, 4) is 0 Å². The number of aromatic amines is 1. The second-order valence-corrected chi connectivity index (χ2v) is 5.09. The van der Waals surface area contributed by atoms with Crippen LogP contribution in [0, 0.1) is 5.41 Å². The fourth-order valence-corrected chi connectivity index (χ4v) is 1.83. The molecule has 1 aromatic heterocycles. The molecule has 17 heavy (non-hydrogen) atoms. The minimum Gasteiger partial charge on any atom is -0.408 e. The van der Waals surface area contributed by atoms with Crippen molar-refractivity contribution < 1.29 is 4.42 Å². The third-order valence-electron chi connectivity index (χ3n) is 3.56. The van der Waals surface area contributed by atoms with Crippen molar-refractivity contribution in [3.63, 3.8) is 0 Å². The van der Waals surface area contributed by atoms with Gasteiger partial charge in [-0.3, -0.25) is 4.98 Å². The summed E-state index contributed by atoms with van der Waals surface area (Å²) in [5.74, 6) is -0.430. The molecule has 1 unspecified atom stereocenters. The van der Waals surface area contributed by atoms with E-state index >= 15 is 0 Å². The van der Waals surface area contributed by atoms with E-state index in [1.165, 1.54) is 0 Å². The zero-order chi connectivity index (χ0) is 12.6. The molecule has 0 fully saturated rings. The quantitative estimate of drug-likeness (QED) is 0.857. The van der Waals surface area contributed by atoms with Gasteiger partial charge in [-0.05, 0) is 29.5 Å². The zero-order valence-corrected chi connectivity index (χ0v) is 10.4. The van der Waals surface area contributed by atoms with Crippen molar-refractivity contribution >= 4 is 11.1 Å². The molecule has 0 saturated carbocycles. The number of H-pyrrole nitrogens is 1. The lowest BCUT2D eigenvalue weighted by Gasteiger charge is -2.30. The molecule has 0 saturated heterocycles. The Balaban J connectivity index is 2.45. The molecule has 4 nitrogen and oxygen atoms in total. The van der Waals surface area contributed by atoms with Crippen LogP contribution in [0.3, 0.4) is 0 Å². The van der Waals surface area contributed by atoms with Gasteiger partial charge in [0.05, 0.1) is 5.52 Å². The number of benzene rings is 1. The maximum absolute atomic E-state index is 11.1. The zero-order valence-electron chi connectivity index (χ0n) is 10.4. The van der Waals surface area contributed by atoms with E-state index in [2.05, 4.69) is 25.8 Å². The third-order valence-corrected chi connectivity index (χ3v) is 3.56. The van der Waals surface area contributed by atoms with Crippen LogP contribution < -0.4 is 11.5 Å². The molecule has 0 bridgehead atoms. The van der Waals surface area contributed by atoms with Crippen molar-refractivity contribution in [3.05, 3.63) is 34.3 Å². The van der Waals surface area contributed by atoms with E-state index in [1.807, 2.05) is 18.2 Å². The van der Waals surface area contributed by atoms with Gasteiger partial charge in [-0.2, -0.15) is 0 Å². The number of hydrogen-bond donors (Lipinski definition) is 2. The molecule has 92 valence electrons. The number of nitrogens with one attached hydrogen (secondary N) is 1. The highest BCUT2D eigenvalue weighted by atomic mass is 16.4. The standard InChI is InChI=1S/C13H18N2O2/c1-4-13(2,3)11(14)8-5-6-9-10(7-8)17-12(16)15-9/h5-7,11H,4,14H2,1-3H3,(H,15,16). The van der Waals surface area contributed by atoms with Gasteiger partial charge in [-0.15, -0.1) is 0 Å². The molecule has 1 atom stereocenters. The fraction of sp³-hybridized carbons (Fsp3) is 0.462. The van der Waals surface area contributed by atoms with Crippen molar-refractivity contribution in [1.29, 1.82) is 0 Å². The van der Waals surface area contributed by atoms with E-state index in [4.69, 9.17) is 10.2 Å². The van der Waals surface area contributed by atoms with Gasteiger partial charge in [-0.1, -0.05) is 26.8 Å². The summed E-state index contributed by atoms with van der Waals surface area (Å²) in [7, 11) is 0. The molecule has 1 heterocycles. The molecule has 2 aromatic rings. The Hall–Kier alpha value is -1.55. The summed E-state index contributed by atoms with van der Waals surface area (Å²) < 4.78 is 5.04. The molecule has 0 aliphatic rings. The first-order valence-electron chi connectivity index (χ1n) is 5.82. The van der Waals surface area contributed by atoms with Gasteiger partial charge in [0.2, 0.25) is 0 Å². The summed E-state index contributed by atoms with van der Waals surface area (Å²) in [6.07, 6.45) is 0.989. The first kappa shape index (κ1) is 11.9. The van der Waals surface area contributed by atoms with Crippen LogP contribution in [-0.4, -0.2) is 4.98 Å². The highest BCUT2D eigenvalue weighted by Gasteiger charge is 2.26. The summed E-state index contributed by atoms with van der Waals surface area (Å²) in [6, 6.07) is 5.55. The summed E-state index contributed by atoms with van der Waals surface area (Å²) >= 11 is 0. The predicted molar refractivity (Wildman–Crippen MR) is 67.8 cm³/mol. The Morgan fingerprint density at radius 2 is 2.18 bits per heavy atom. The number of fused-ring (bicyclic) bond motifs is 1. The SMILES string of the molecule is CCC(C)(C)C(N)c1ccc2[nH]c(=O)oc2c1. The number of hydrogen-bond acceptors (Lipinski definition) is 3. The van der Waals surface area contributed by atoms with Crippen LogP contribution in [-0.2, 0) is 0 Å². The van der Waals surface area contributed by atoms with E-state index in [-0.39, 0.29) is 11.5 Å². The summed E-state index contributed by atoms with van der Waals surface area (Å²) in [4.78, 5) is 13.7. The summed E-state index contributed by atoms with van der Waals surface area (Å²) in [5, 5.41) is 0. The molecule has 4 heteroatoms. The fourth-order valence-electron chi connectivity index (χ4n) is 1.83. The summed E-state index contributed by atoms with van der Waals surface area (Å²) in [5.41, 5.74) is 8.54. The maximum Gasteiger partial charge on any atom is 0.417 e. The molecular formula is C13H18N2O2. The molecule has 0 aliphatic heterocycles. The molecule has 2 rings (SSSR count). The second kappa shape index (κ2) is 4.04. The van der Waals surface area contributed by atoms with Crippen LogP contribution in [0.15, 0.2) is 27.4 Å². The van der Waals surface area contributed by atoms with Crippen LogP contribution in [0.1, 0.15) is 38.8 Å². The first-order chi connectivity index (χ1) is 7.94. The van der Waals surface area contributed by atoms with Crippen LogP contribution in [0.5, 0.6) is 0 Å². The lowest BCUT2D eigenvalue weighted by molar-refractivity contribution is 0.278. The lowest BCUT2D eigenvalue weighted by Crippen LogP contribution is -2.28. The lowest BCUT2D eigenvalue weighted by atomic mass is 9.79. The highest BCUT2D eigenvalue weighted by Crippen LogP contribution is 2.34.